The minimum absolute atomic E-state index is 0.0451. The van der Waals surface area contributed by atoms with Crippen molar-refractivity contribution in [3.05, 3.63) is 53.0 Å². The second-order valence-corrected chi connectivity index (χ2v) is 6.24. The number of carbonyl (C=O) groups is 2. The van der Waals surface area contributed by atoms with Gasteiger partial charge in [0.25, 0.3) is 5.91 Å². The van der Waals surface area contributed by atoms with Crippen LogP contribution in [0.3, 0.4) is 0 Å². The smallest absolute Gasteiger partial charge is 0.338 e. The number of ether oxygens (including phenoxy) is 2. The van der Waals surface area contributed by atoms with E-state index in [4.69, 9.17) is 19.0 Å². The van der Waals surface area contributed by atoms with Crippen LogP contribution in [0.25, 0.3) is 0 Å². The molecule has 1 amide bonds. The van der Waals surface area contributed by atoms with Crippen molar-refractivity contribution in [2.24, 2.45) is 0 Å². The quantitative estimate of drug-likeness (QED) is 0.789. The molecular weight excluding hydrogens is 338 g/mol. The molecule has 2 N–H and O–H groups in total. The van der Waals surface area contributed by atoms with Crippen LogP contribution in [0.2, 0.25) is 0 Å². The standard InChI is InChI=1S/C19H21NO6/c1-12-4-5-13(16(7-12)26-11-15-3-2-6-24-15)9-20-18(21)17-8-14(10-25-17)19(22)23/h4-5,7-8,10,15H,2-3,6,9,11H2,1H3,(H,20,21)(H,22,23). The molecule has 7 heteroatoms. The Kier molecular flexibility index (Phi) is 5.58. The minimum atomic E-state index is -1.14. The fraction of sp³-hybridized carbons (Fsp3) is 0.368. The first-order chi connectivity index (χ1) is 12.5. The lowest BCUT2D eigenvalue weighted by molar-refractivity contribution is 0.0675. The molecule has 2 aromatic rings. The zero-order valence-corrected chi connectivity index (χ0v) is 14.5. The molecule has 26 heavy (non-hydrogen) atoms. The van der Waals surface area contributed by atoms with Crippen molar-refractivity contribution in [1.82, 2.24) is 5.32 Å². The monoisotopic (exact) mass is 359 g/mol. The molecule has 1 aliphatic rings. The first kappa shape index (κ1) is 18.0. The van der Waals surface area contributed by atoms with E-state index in [1.165, 1.54) is 6.07 Å². The van der Waals surface area contributed by atoms with Crippen molar-refractivity contribution < 1.29 is 28.6 Å². The minimum Gasteiger partial charge on any atom is -0.491 e. The van der Waals surface area contributed by atoms with Crippen LogP contribution in [0, 0.1) is 6.92 Å². The van der Waals surface area contributed by atoms with Crippen LogP contribution >= 0.6 is 0 Å². The summed E-state index contributed by atoms with van der Waals surface area (Å²) in [6, 6.07) is 6.95. The van der Waals surface area contributed by atoms with E-state index in [9.17, 15) is 9.59 Å². The van der Waals surface area contributed by atoms with E-state index in [2.05, 4.69) is 5.32 Å². The summed E-state index contributed by atoms with van der Waals surface area (Å²) in [6.45, 7) is 3.46. The highest BCUT2D eigenvalue weighted by molar-refractivity contribution is 5.95. The van der Waals surface area contributed by atoms with Gasteiger partial charge in [-0.05, 0) is 31.4 Å². The second kappa shape index (κ2) is 8.05. The Labute approximate surface area is 150 Å². The van der Waals surface area contributed by atoms with Crippen LogP contribution in [0.1, 0.15) is 44.9 Å². The van der Waals surface area contributed by atoms with Crippen molar-refractivity contribution >= 4 is 11.9 Å². The molecule has 0 radical (unpaired) electrons. The highest BCUT2D eigenvalue weighted by Crippen LogP contribution is 2.22. The number of hydrogen-bond acceptors (Lipinski definition) is 5. The molecule has 1 aliphatic heterocycles. The van der Waals surface area contributed by atoms with Crippen LogP contribution in [-0.2, 0) is 11.3 Å². The van der Waals surface area contributed by atoms with Gasteiger partial charge >= 0.3 is 5.97 Å². The highest BCUT2D eigenvalue weighted by Gasteiger charge is 2.18. The molecule has 0 saturated carbocycles. The third-order valence-electron chi connectivity index (χ3n) is 4.18. The summed E-state index contributed by atoms with van der Waals surface area (Å²) >= 11 is 0. The number of amides is 1. The maximum Gasteiger partial charge on any atom is 0.338 e. The largest absolute Gasteiger partial charge is 0.491 e. The van der Waals surface area contributed by atoms with Gasteiger partial charge in [-0.25, -0.2) is 4.79 Å². The van der Waals surface area contributed by atoms with Crippen molar-refractivity contribution in [2.75, 3.05) is 13.2 Å². The fourth-order valence-corrected chi connectivity index (χ4v) is 2.73. The number of furan rings is 1. The lowest BCUT2D eigenvalue weighted by Gasteiger charge is -2.15. The van der Waals surface area contributed by atoms with Gasteiger partial charge in [-0.15, -0.1) is 0 Å². The normalized spacial score (nSPS) is 16.4. The van der Waals surface area contributed by atoms with Gasteiger partial charge < -0.3 is 24.3 Å². The van der Waals surface area contributed by atoms with E-state index in [0.29, 0.717) is 12.4 Å². The molecule has 0 aliphatic carbocycles. The van der Waals surface area contributed by atoms with E-state index in [1.54, 1.807) is 0 Å². The molecule has 0 bridgehead atoms. The fourth-order valence-electron chi connectivity index (χ4n) is 2.73. The predicted octanol–water partition coefficient (Wildman–Crippen LogP) is 2.77. The average molecular weight is 359 g/mol. The van der Waals surface area contributed by atoms with Gasteiger partial charge in [0, 0.05) is 24.8 Å². The Morgan fingerprint density at radius 3 is 2.88 bits per heavy atom. The number of benzene rings is 1. The molecule has 1 fully saturated rings. The van der Waals surface area contributed by atoms with E-state index < -0.39 is 11.9 Å². The van der Waals surface area contributed by atoms with E-state index in [0.717, 1.165) is 36.8 Å². The van der Waals surface area contributed by atoms with Gasteiger partial charge in [-0.2, -0.15) is 0 Å². The van der Waals surface area contributed by atoms with Gasteiger partial charge in [0.2, 0.25) is 0 Å². The van der Waals surface area contributed by atoms with Crippen molar-refractivity contribution in [1.29, 1.82) is 0 Å². The first-order valence-corrected chi connectivity index (χ1v) is 8.47. The first-order valence-electron chi connectivity index (χ1n) is 8.47. The summed E-state index contributed by atoms with van der Waals surface area (Å²) in [5.74, 6) is -0.970. The Morgan fingerprint density at radius 2 is 2.19 bits per heavy atom. The third-order valence-corrected chi connectivity index (χ3v) is 4.18. The van der Waals surface area contributed by atoms with Crippen LogP contribution in [-0.4, -0.2) is 36.3 Å². The molecule has 1 aromatic carbocycles. The summed E-state index contributed by atoms with van der Waals surface area (Å²) in [5, 5.41) is 11.6. The Bertz CT molecular complexity index is 791. The van der Waals surface area contributed by atoms with Gasteiger partial charge in [-0.1, -0.05) is 12.1 Å². The molecule has 7 nitrogen and oxygen atoms in total. The second-order valence-electron chi connectivity index (χ2n) is 6.24. The number of hydrogen-bond donors (Lipinski definition) is 2. The van der Waals surface area contributed by atoms with E-state index in [1.807, 2.05) is 25.1 Å². The van der Waals surface area contributed by atoms with E-state index >= 15 is 0 Å². The van der Waals surface area contributed by atoms with E-state index in [-0.39, 0.29) is 24.0 Å². The van der Waals surface area contributed by atoms with Crippen molar-refractivity contribution in [2.45, 2.75) is 32.4 Å². The molecule has 2 heterocycles. The van der Waals surface area contributed by atoms with Crippen molar-refractivity contribution in [3.8, 4) is 5.75 Å². The number of aromatic carboxylic acids is 1. The number of carboxylic acids is 1. The zero-order valence-electron chi connectivity index (χ0n) is 14.5. The summed E-state index contributed by atoms with van der Waals surface area (Å²) in [6.07, 6.45) is 3.18. The maximum atomic E-state index is 12.1. The highest BCUT2D eigenvalue weighted by atomic mass is 16.5. The molecule has 1 aromatic heterocycles. The summed E-state index contributed by atoms with van der Waals surface area (Å²) in [7, 11) is 0. The predicted molar refractivity (Wildman–Crippen MR) is 92.5 cm³/mol. The molecule has 3 rings (SSSR count). The summed E-state index contributed by atoms with van der Waals surface area (Å²) in [4.78, 5) is 23.0. The van der Waals surface area contributed by atoms with Gasteiger partial charge in [0.05, 0.1) is 11.7 Å². The zero-order chi connectivity index (χ0) is 18.5. The summed E-state index contributed by atoms with van der Waals surface area (Å²) in [5.41, 5.74) is 1.82. The number of nitrogens with one attached hydrogen (secondary N) is 1. The van der Waals surface area contributed by atoms with Gasteiger partial charge in [0.1, 0.15) is 18.6 Å². The Hall–Kier alpha value is -2.80. The SMILES string of the molecule is Cc1ccc(CNC(=O)c2cc(C(=O)O)co2)c(OCC2CCCO2)c1. The van der Waals surface area contributed by atoms with Gasteiger partial charge in [0.15, 0.2) is 5.76 Å². The Morgan fingerprint density at radius 1 is 1.35 bits per heavy atom. The third kappa shape index (κ3) is 4.43. The molecule has 138 valence electrons. The maximum absolute atomic E-state index is 12.1. The summed E-state index contributed by atoms with van der Waals surface area (Å²) < 4.78 is 16.5. The number of aryl methyl sites for hydroxylation is 1. The molecular formula is C19H21NO6. The van der Waals surface area contributed by atoms with Gasteiger partial charge in [-0.3, -0.25) is 4.79 Å². The molecule has 1 unspecified atom stereocenters. The number of rotatable bonds is 7. The van der Waals surface area contributed by atoms with Crippen LogP contribution < -0.4 is 10.1 Å². The average Bonchev–Trinajstić information content (AvgIpc) is 3.30. The van der Waals surface area contributed by atoms with Crippen LogP contribution in [0.4, 0.5) is 0 Å². The Balaban J connectivity index is 1.62. The van der Waals surface area contributed by atoms with Crippen molar-refractivity contribution in [3.63, 3.8) is 0 Å². The number of carbonyl (C=O) groups excluding carboxylic acids is 1. The lowest BCUT2D eigenvalue weighted by atomic mass is 10.1. The topological polar surface area (TPSA) is 98.0 Å². The number of carboxylic acid groups (broad SMARTS) is 1. The lowest BCUT2D eigenvalue weighted by Crippen LogP contribution is -2.23. The molecule has 1 atom stereocenters. The molecule has 1 saturated heterocycles. The molecule has 0 spiro atoms. The van der Waals surface area contributed by atoms with Crippen LogP contribution in [0.5, 0.6) is 5.75 Å². The van der Waals surface area contributed by atoms with Crippen LogP contribution in [0.15, 0.2) is 34.9 Å².